The summed E-state index contributed by atoms with van der Waals surface area (Å²) in [6.45, 7) is -0.156. The highest BCUT2D eigenvalue weighted by molar-refractivity contribution is 7.89. The van der Waals surface area contributed by atoms with Crippen LogP contribution in [0.2, 0.25) is 5.02 Å². The molecule has 0 bridgehead atoms. The van der Waals surface area contributed by atoms with Crippen molar-refractivity contribution in [2.24, 2.45) is 0 Å². The van der Waals surface area contributed by atoms with Gasteiger partial charge in [0.1, 0.15) is 17.3 Å². The molecule has 9 nitrogen and oxygen atoms in total. The number of benzene rings is 4. The Morgan fingerprint density at radius 3 is 2.38 bits per heavy atom. The Bertz CT molecular complexity index is 1760. The van der Waals surface area contributed by atoms with E-state index in [1.54, 1.807) is 42.5 Å². The van der Waals surface area contributed by atoms with E-state index in [1.165, 1.54) is 32.4 Å². The number of rotatable bonds is 11. The summed E-state index contributed by atoms with van der Waals surface area (Å²) in [5.41, 5.74) is 0.794. The molecule has 0 aromatic heterocycles. The molecular formula is C30H26ClFN2O7S. The van der Waals surface area contributed by atoms with Gasteiger partial charge in [-0.25, -0.2) is 22.3 Å². The highest BCUT2D eigenvalue weighted by Gasteiger charge is 2.20. The van der Waals surface area contributed by atoms with Gasteiger partial charge in [0.05, 0.1) is 31.1 Å². The molecule has 0 aliphatic heterocycles. The van der Waals surface area contributed by atoms with Crippen molar-refractivity contribution in [3.05, 3.63) is 106 Å². The van der Waals surface area contributed by atoms with Crippen LogP contribution >= 0.6 is 11.6 Å². The molecule has 42 heavy (non-hydrogen) atoms. The normalized spacial score (nSPS) is 11.1. The van der Waals surface area contributed by atoms with E-state index in [-0.39, 0.29) is 40.2 Å². The summed E-state index contributed by atoms with van der Waals surface area (Å²) >= 11 is 6.17. The molecule has 3 N–H and O–H groups in total. The van der Waals surface area contributed by atoms with Crippen LogP contribution in [0.3, 0.4) is 0 Å². The van der Waals surface area contributed by atoms with E-state index in [0.29, 0.717) is 27.6 Å². The Labute approximate surface area is 246 Å². The monoisotopic (exact) mass is 612 g/mol. The number of carboxylic acids is 1. The maximum Gasteiger partial charge on any atom is 0.335 e. The summed E-state index contributed by atoms with van der Waals surface area (Å²) in [6.07, 6.45) is -0.107. The minimum absolute atomic E-state index is 0.0357. The number of hydrogen-bond donors (Lipinski definition) is 3. The molecule has 218 valence electrons. The first-order chi connectivity index (χ1) is 20.0. The molecule has 0 fully saturated rings. The SMILES string of the molecule is COc1ccc(CNS(=O)(=O)c2cc(NC(=O)Cc3ccccc3Cl)cc(-c3cc(C(=O)O)ccc3F)c2)c(OC)c1. The zero-order valence-corrected chi connectivity index (χ0v) is 24.1. The third-order valence-corrected chi connectivity index (χ3v) is 8.03. The summed E-state index contributed by atoms with van der Waals surface area (Å²) in [6, 6.07) is 18.6. The lowest BCUT2D eigenvalue weighted by Crippen LogP contribution is -2.24. The standard InChI is InChI=1S/C30H26ClFN2O7S/c1-40-23-9-7-20(28(16-23)41-2)17-33-42(38,39)24-12-21(25-13-19(30(36)37)8-10-27(25)32)11-22(15-24)34-29(35)14-18-5-3-4-6-26(18)31/h3-13,15-16,33H,14,17H2,1-2H3,(H,34,35)(H,36,37). The number of methoxy groups -OCH3 is 2. The summed E-state index contributed by atoms with van der Waals surface area (Å²) in [5, 5.41) is 12.4. The Morgan fingerprint density at radius 1 is 0.929 bits per heavy atom. The van der Waals surface area contributed by atoms with Crippen molar-refractivity contribution >= 4 is 39.2 Å². The fraction of sp³-hybridized carbons (Fsp3) is 0.133. The minimum Gasteiger partial charge on any atom is -0.497 e. The molecule has 0 heterocycles. The smallest absolute Gasteiger partial charge is 0.335 e. The van der Waals surface area contributed by atoms with Crippen molar-refractivity contribution in [1.82, 2.24) is 4.72 Å². The van der Waals surface area contributed by atoms with Gasteiger partial charge < -0.3 is 19.9 Å². The summed E-state index contributed by atoms with van der Waals surface area (Å²) < 4.78 is 54.8. The van der Waals surface area contributed by atoms with Crippen molar-refractivity contribution in [3.63, 3.8) is 0 Å². The van der Waals surface area contributed by atoms with Crippen LogP contribution in [-0.2, 0) is 27.8 Å². The molecule has 0 spiro atoms. The van der Waals surface area contributed by atoms with Crippen molar-refractivity contribution in [1.29, 1.82) is 0 Å². The van der Waals surface area contributed by atoms with Gasteiger partial charge in [-0.05, 0) is 59.7 Å². The summed E-state index contributed by atoms with van der Waals surface area (Å²) in [5.74, 6) is -1.65. The van der Waals surface area contributed by atoms with Crippen LogP contribution in [0.4, 0.5) is 10.1 Å². The van der Waals surface area contributed by atoms with Gasteiger partial charge in [0, 0.05) is 34.4 Å². The number of ether oxygens (including phenoxy) is 2. The molecular weight excluding hydrogens is 587 g/mol. The van der Waals surface area contributed by atoms with E-state index in [0.717, 1.165) is 18.2 Å². The van der Waals surface area contributed by atoms with Crippen molar-refractivity contribution in [2.75, 3.05) is 19.5 Å². The van der Waals surface area contributed by atoms with Gasteiger partial charge in [0.2, 0.25) is 15.9 Å². The van der Waals surface area contributed by atoms with Gasteiger partial charge in [-0.3, -0.25) is 4.79 Å². The highest BCUT2D eigenvalue weighted by atomic mass is 35.5. The quantitative estimate of drug-likeness (QED) is 0.203. The first kappa shape index (κ1) is 30.5. The molecule has 0 saturated heterocycles. The molecule has 0 atom stereocenters. The van der Waals surface area contributed by atoms with Gasteiger partial charge in [0.25, 0.3) is 0 Å². The third kappa shape index (κ3) is 7.24. The lowest BCUT2D eigenvalue weighted by molar-refractivity contribution is -0.115. The van der Waals surface area contributed by atoms with Gasteiger partial charge in [0.15, 0.2) is 0 Å². The van der Waals surface area contributed by atoms with Crippen molar-refractivity contribution in [3.8, 4) is 22.6 Å². The molecule has 0 aliphatic rings. The number of anilines is 1. The lowest BCUT2D eigenvalue weighted by Gasteiger charge is -2.15. The molecule has 0 aliphatic carbocycles. The predicted molar refractivity (Wildman–Crippen MR) is 156 cm³/mol. The Morgan fingerprint density at radius 2 is 1.69 bits per heavy atom. The fourth-order valence-corrected chi connectivity index (χ4v) is 5.41. The van der Waals surface area contributed by atoms with Crippen LogP contribution in [0, 0.1) is 5.82 Å². The molecule has 0 radical (unpaired) electrons. The van der Waals surface area contributed by atoms with E-state index in [1.807, 2.05) is 0 Å². The number of sulfonamides is 1. The van der Waals surface area contributed by atoms with Gasteiger partial charge in [-0.2, -0.15) is 0 Å². The number of carbonyl (C=O) groups excluding carboxylic acids is 1. The molecule has 4 aromatic rings. The molecule has 12 heteroatoms. The van der Waals surface area contributed by atoms with E-state index >= 15 is 0 Å². The average Bonchev–Trinajstić information content (AvgIpc) is 2.97. The van der Waals surface area contributed by atoms with Gasteiger partial charge >= 0.3 is 5.97 Å². The largest absolute Gasteiger partial charge is 0.497 e. The molecule has 1 amide bonds. The number of amides is 1. The molecule has 4 rings (SSSR count). The number of aromatic carboxylic acids is 1. The number of nitrogens with one attached hydrogen (secondary N) is 2. The van der Waals surface area contributed by atoms with Crippen molar-refractivity contribution < 1.29 is 37.0 Å². The Balaban J connectivity index is 1.72. The van der Waals surface area contributed by atoms with Crippen LogP contribution in [0.1, 0.15) is 21.5 Å². The number of carbonyl (C=O) groups is 2. The lowest BCUT2D eigenvalue weighted by atomic mass is 10.0. The van der Waals surface area contributed by atoms with Crippen LogP contribution in [0.5, 0.6) is 11.5 Å². The average molecular weight is 613 g/mol. The number of hydrogen-bond acceptors (Lipinski definition) is 6. The van der Waals surface area contributed by atoms with Gasteiger partial charge in [-0.15, -0.1) is 0 Å². The first-order valence-corrected chi connectivity index (χ1v) is 14.3. The molecule has 0 saturated carbocycles. The van der Waals surface area contributed by atoms with Crippen LogP contribution in [0.25, 0.3) is 11.1 Å². The maximum atomic E-state index is 14.9. The van der Waals surface area contributed by atoms with Gasteiger partial charge in [-0.1, -0.05) is 35.9 Å². The summed E-state index contributed by atoms with van der Waals surface area (Å²) in [4.78, 5) is 24.1. The fourth-order valence-electron chi connectivity index (χ4n) is 4.14. The second-order valence-corrected chi connectivity index (χ2v) is 11.2. The van der Waals surface area contributed by atoms with Crippen LogP contribution in [-0.4, -0.2) is 39.6 Å². The van der Waals surface area contributed by atoms with Crippen LogP contribution in [0.15, 0.2) is 83.8 Å². The highest BCUT2D eigenvalue weighted by Crippen LogP contribution is 2.31. The topological polar surface area (TPSA) is 131 Å². The second kappa shape index (κ2) is 13.0. The van der Waals surface area contributed by atoms with E-state index in [2.05, 4.69) is 10.0 Å². The van der Waals surface area contributed by atoms with E-state index in [9.17, 15) is 27.5 Å². The molecule has 0 unspecified atom stereocenters. The van der Waals surface area contributed by atoms with E-state index in [4.69, 9.17) is 21.1 Å². The zero-order chi connectivity index (χ0) is 30.4. The van der Waals surface area contributed by atoms with Crippen molar-refractivity contribution in [2.45, 2.75) is 17.9 Å². The number of carboxylic acid groups (broad SMARTS) is 1. The number of halogens is 2. The molecule has 4 aromatic carbocycles. The summed E-state index contributed by atoms with van der Waals surface area (Å²) in [7, 11) is -1.31. The minimum atomic E-state index is -4.24. The van der Waals surface area contributed by atoms with E-state index < -0.39 is 27.7 Å². The Hall–Kier alpha value is -4.45. The maximum absolute atomic E-state index is 14.9. The van der Waals surface area contributed by atoms with Crippen LogP contribution < -0.4 is 19.5 Å². The Kier molecular flexibility index (Phi) is 9.46. The second-order valence-electron chi connectivity index (χ2n) is 9.06. The third-order valence-electron chi connectivity index (χ3n) is 6.28. The zero-order valence-electron chi connectivity index (χ0n) is 22.5. The predicted octanol–water partition coefficient (Wildman–Crippen LogP) is 5.52. The first-order valence-electron chi connectivity index (χ1n) is 12.4.